The summed E-state index contributed by atoms with van der Waals surface area (Å²) in [6.07, 6.45) is 1.42. The van der Waals surface area contributed by atoms with E-state index in [1.54, 1.807) is 18.2 Å². The third kappa shape index (κ3) is 6.47. The fraction of sp³-hybridized carbons (Fsp3) is 0.115. The van der Waals surface area contributed by atoms with Crippen LogP contribution in [-0.4, -0.2) is 23.6 Å². The molecule has 0 bridgehead atoms. The largest absolute Gasteiger partial charge is 0.490 e. The quantitative estimate of drug-likeness (QED) is 0.278. The van der Waals surface area contributed by atoms with Crippen LogP contribution in [0.3, 0.4) is 0 Å². The molecular formula is C26H21BrN2O5. The Hall–Kier alpha value is -4.09. The predicted molar refractivity (Wildman–Crippen MR) is 132 cm³/mol. The van der Waals surface area contributed by atoms with Gasteiger partial charge in [0.15, 0.2) is 11.5 Å². The van der Waals surface area contributed by atoms with Gasteiger partial charge >= 0.3 is 5.97 Å². The zero-order chi connectivity index (χ0) is 24.5. The van der Waals surface area contributed by atoms with Gasteiger partial charge < -0.3 is 19.9 Å². The number of rotatable bonds is 9. The summed E-state index contributed by atoms with van der Waals surface area (Å²) in [7, 11) is 0. The van der Waals surface area contributed by atoms with E-state index in [0.29, 0.717) is 34.7 Å². The van der Waals surface area contributed by atoms with Gasteiger partial charge in [-0.25, -0.2) is 4.79 Å². The molecule has 7 nitrogen and oxygen atoms in total. The molecule has 1 amide bonds. The first-order chi connectivity index (χ1) is 16.4. The average molecular weight is 521 g/mol. The number of amides is 1. The summed E-state index contributed by atoms with van der Waals surface area (Å²) in [5.41, 5.74) is 1.68. The van der Waals surface area contributed by atoms with Gasteiger partial charge in [-0.1, -0.05) is 36.4 Å². The Kier molecular flexibility index (Phi) is 8.43. The van der Waals surface area contributed by atoms with E-state index in [1.807, 2.05) is 43.3 Å². The molecule has 3 aromatic rings. The Morgan fingerprint density at radius 2 is 1.85 bits per heavy atom. The molecule has 0 aromatic heterocycles. The Morgan fingerprint density at radius 3 is 2.53 bits per heavy atom. The predicted octanol–water partition coefficient (Wildman–Crippen LogP) is 5.67. The Balaban J connectivity index is 1.84. The highest BCUT2D eigenvalue weighted by Crippen LogP contribution is 2.38. The first kappa shape index (κ1) is 24.6. The number of carboxylic acid groups (broad SMARTS) is 1. The number of aromatic carboxylic acids is 1. The molecule has 0 spiro atoms. The number of nitriles is 1. The summed E-state index contributed by atoms with van der Waals surface area (Å²) < 4.78 is 12.3. The molecule has 0 unspecified atom stereocenters. The minimum Gasteiger partial charge on any atom is -0.490 e. The molecule has 0 saturated carbocycles. The molecular weight excluding hydrogens is 500 g/mol. The number of nitrogens with one attached hydrogen (secondary N) is 1. The van der Waals surface area contributed by atoms with Crippen molar-refractivity contribution in [2.45, 2.75) is 13.5 Å². The molecule has 0 aliphatic carbocycles. The number of benzene rings is 3. The van der Waals surface area contributed by atoms with Crippen LogP contribution in [-0.2, 0) is 11.4 Å². The van der Waals surface area contributed by atoms with E-state index in [4.69, 9.17) is 14.6 Å². The van der Waals surface area contributed by atoms with Crippen LogP contribution in [0.2, 0.25) is 0 Å². The van der Waals surface area contributed by atoms with Gasteiger partial charge in [-0.15, -0.1) is 0 Å². The van der Waals surface area contributed by atoms with E-state index in [9.17, 15) is 14.9 Å². The number of hydrogen-bond acceptors (Lipinski definition) is 5. The molecule has 0 radical (unpaired) electrons. The number of nitrogens with zero attached hydrogens (tertiary/aromatic N) is 1. The molecule has 0 fully saturated rings. The van der Waals surface area contributed by atoms with Crippen molar-refractivity contribution >= 4 is 39.6 Å². The zero-order valence-electron chi connectivity index (χ0n) is 18.2. The van der Waals surface area contributed by atoms with Crippen LogP contribution >= 0.6 is 15.9 Å². The Morgan fingerprint density at radius 1 is 1.09 bits per heavy atom. The van der Waals surface area contributed by atoms with Crippen molar-refractivity contribution < 1.29 is 24.2 Å². The lowest BCUT2D eigenvalue weighted by molar-refractivity contribution is -0.112. The van der Waals surface area contributed by atoms with Gasteiger partial charge in [0, 0.05) is 5.69 Å². The third-order valence-electron chi connectivity index (χ3n) is 4.60. The monoisotopic (exact) mass is 520 g/mol. The van der Waals surface area contributed by atoms with Gasteiger partial charge in [0.25, 0.3) is 5.91 Å². The minimum atomic E-state index is -1.12. The second kappa shape index (κ2) is 11.7. The van der Waals surface area contributed by atoms with E-state index in [-0.39, 0.29) is 16.8 Å². The number of carbonyl (C=O) groups excluding carboxylic acids is 1. The molecule has 34 heavy (non-hydrogen) atoms. The fourth-order valence-electron chi connectivity index (χ4n) is 3.05. The average Bonchev–Trinajstić information content (AvgIpc) is 2.83. The Labute approximate surface area is 205 Å². The highest BCUT2D eigenvalue weighted by molar-refractivity contribution is 9.10. The molecule has 0 saturated heterocycles. The summed E-state index contributed by atoms with van der Waals surface area (Å²) in [6, 6.07) is 20.8. The summed E-state index contributed by atoms with van der Waals surface area (Å²) in [6.45, 7) is 2.58. The second-order valence-corrected chi connectivity index (χ2v) is 7.90. The van der Waals surface area contributed by atoms with Crippen LogP contribution in [0.1, 0.15) is 28.4 Å². The van der Waals surface area contributed by atoms with Crippen molar-refractivity contribution in [2.24, 2.45) is 0 Å². The van der Waals surface area contributed by atoms with Crippen molar-refractivity contribution in [1.82, 2.24) is 0 Å². The number of hydrogen-bond donors (Lipinski definition) is 2. The third-order valence-corrected chi connectivity index (χ3v) is 5.19. The van der Waals surface area contributed by atoms with E-state index >= 15 is 0 Å². The lowest BCUT2D eigenvalue weighted by Crippen LogP contribution is -2.14. The normalized spacial score (nSPS) is 10.8. The number of anilines is 1. The molecule has 172 valence electrons. The molecule has 0 aliphatic heterocycles. The lowest BCUT2D eigenvalue weighted by atomic mass is 10.1. The first-order valence-electron chi connectivity index (χ1n) is 10.3. The van der Waals surface area contributed by atoms with Crippen LogP contribution < -0.4 is 14.8 Å². The summed E-state index contributed by atoms with van der Waals surface area (Å²) in [5, 5.41) is 21.2. The lowest BCUT2D eigenvalue weighted by Gasteiger charge is -2.15. The van der Waals surface area contributed by atoms with Gasteiger partial charge in [-0.2, -0.15) is 5.26 Å². The first-order valence-corrected chi connectivity index (χ1v) is 11.1. The van der Waals surface area contributed by atoms with Crippen molar-refractivity contribution in [3.05, 3.63) is 93.5 Å². The molecule has 3 aromatic carbocycles. The fourth-order valence-corrected chi connectivity index (χ4v) is 3.62. The van der Waals surface area contributed by atoms with Crippen LogP contribution in [0.4, 0.5) is 5.69 Å². The molecule has 0 heterocycles. The van der Waals surface area contributed by atoms with Crippen LogP contribution in [0, 0.1) is 11.3 Å². The van der Waals surface area contributed by atoms with Crippen LogP contribution in [0.5, 0.6) is 11.5 Å². The minimum absolute atomic E-state index is 0.0247. The van der Waals surface area contributed by atoms with Gasteiger partial charge in [-0.05, 0) is 70.4 Å². The molecule has 2 N–H and O–H groups in total. The summed E-state index contributed by atoms with van der Waals surface area (Å²) >= 11 is 3.49. The number of ether oxygens (including phenoxy) is 2. The molecule has 3 rings (SSSR count). The van der Waals surface area contributed by atoms with Crippen molar-refractivity contribution in [1.29, 1.82) is 5.26 Å². The number of carboxylic acids is 1. The van der Waals surface area contributed by atoms with Gasteiger partial charge in [0.1, 0.15) is 18.2 Å². The smallest absolute Gasteiger partial charge is 0.335 e. The van der Waals surface area contributed by atoms with Crippen molar-refractivity contribution in [3.63, 3.8) is 0 Å². The number of carbonyl (C=O) groups is 2. The van der Waals surface area contributed by atoms with E-state index < -0.39 is 11.9 Å². The zero-order valence-corrected chi connectivity index (χ0v) is 19.8. The second-order valence-electron chi connectivity index (χ2n) is 7.05. The highest BCUT2D eigenvalue weighted by atomic mass is 79.9. The van der Waals surface area contributed by atoms with E-state index in [1.165, 1.54) is 24.3 Å². The van der Waals surface area contributed by atoms with Gasteiger partial charge in [-0.3, -0.25) is 4.79 Å². The molecule has 0 atom stereocenters. The maximum atomic E-state index is 12.6. The Bertz CT molecular complexity index is 1270. The van der Waals surface area contributed by atoms with Gasteiger partial charge in [0.2, 0.25) is 0 Å². The van der Waals surface area contributed by atoms with Gasteiger partial charge in [0.05, 0.1) is 16.6 Å². The van der Waals surface area contributed by atoms with Crippen LogP contribution in [0.15, 0.2) is 76.8 Å². The summed E-state index contributed by atoms with van der Waals surface area (Å²) in [5.74, 6) is -0.805. The number of halogens is 1. The topological polar surface area (TPSA) is 109 Å². The molecule has 0 aliphatic rings. The highest BCUT2D eigenvalue weighted by Gasteiger charge is 2.15. The van der Waals surface area contributed by atoms with Crippen LogP contribution in [0.25, 0.3) is 6.08 Å². The maximum Gasteiger partial charge on any atom is 0.335 e. The summed E-state index contributed by atoms with van der Waals surface area (Å²) in [4.78, 5) is 23.8. The van der Waals surface area contributed by atoms with E-state index in [2.05, 4.69) is 21.2 Å². The van der Waals surface area contributed by atoms with Crippen molar-refractivity contribution in [2.75, 3.05) is 11.9 Å². The van der Waals surface area contributed by atoms with E-state index in [0.717, 1.165) is 5.56 Å². The standard InChI is InChI=1S/C26H21BrN2O5/c1-2-33-23-13-18(12-22(27)24(23)34-16-17-7-4-3-5-8-17)11-20(15-28)25(30)29-21-10-6-9-19(14-21)26(31)32/h3-14H,2,16H2,1H3,(H,29,30)(H,31,32)/b20-11-. The maximum absolute atomic E-state index is 12.6. The SMILES string of the molecule is CCOc1cc(/C=C(/C#N)C(=O)Nc2cccc(C(=O)O)c2)cc(Br)c1OCc1ccccc1. The van der Waals surface area contributed by atoms with Crippen molar-refractivity contribution in [3.8, 4) is 17.6 Å². The molecule has 8 heteroatoms.